The van der Waals surface area contributed by atoms with Crippen molar-refractivity contribution in [3.63, 3.8) is 0 Å². The van der Waals surface area contributed by atoms with Crippen LogP contribution in [-0.4, -0.2) is 70.9 Å². The van der Waals surface area contributed by atoms with Gasteiger partial charge in [-0.15, -0.1) is 0 Å². The Balaban J connectivity index is 1.67. The van der Waals surface area contributed by atoms with Gasteiger partial charge < -0.3 is 25.2 Å². The monoisotopic (exact) mass is 415 g/mol. The van der Waals surface area contributed by atoms with Crippen LogP contribution in [0.15, 0.2) is 12.1 Å². The number of amides is 1. The van der Waals surface area contributed by atoms with E-state index in [-0.39, 0.29) is 35.7 Å². The van der Waals surface area contributed by atoms with Gasteiger partial charge in [0.05, 0.1) is 19.2 Å². The Labute approximate surface area is 176 Å². The molecule has 30 heavy (non-hydrogen) atoms. The minimum Gasteiger partial charge on any atom is -0.507 e. The number of aromatic hydroxyl groups is 1. The number of likely N-dealkylation sites (N-methyl/N-ethyl adjacent to an activating group) is 1. The van der Waals surface area contributed by atoms with E-state index in [1.165, 1.54) is 0 Å². The quantitative estimate of drug-likeness (QED) is 0.642. The van der Waals surface area contributed by atoms with Crippen LogP contribution in [0.3, 0.4) is 0 Å². The van der Waals surface area contributed by atoms with Crippen molar-refractivity contribution in [2.75, 3.05) is 26.7 Å². The topological polar surface area (TPSA) is 110 Å². The lowest BCUT2D eigenvalue weighted by atomic mass is 9.48. The summed E-state index contributed by atoms with van der Waals surface area (Å²) in [5, 5.41) is 23.3. The van der Waals surface area contributed by atoms with Gasteiger partial charge in [-0.2, -0.15) is 0 Å². The van der Waals surface area contributed by atoms with Crippen LogP contribution in [-0.2, 0) is 21.4 Å². The molecule has 1 aromatic rings. The van der Waals surface area contributed by atoms with Crippen molar-refractivity contribution in [3.05, 3.63) is 28.8 Å². The van der Waals surface area contributed by atoms with E-state index in [0.717, 1.165) is 38.1 Å². The number of nitrogens with two attached hydrogens (primary N) is 1. The molecule has 1 saturated carbocycles. The van der Waals surface area contributed by atoms with Crippen molar-refractivity contribution in [1.82, 2.24) is 0 Å². The van der Waals surface area contributed by atoms with Crippen LogP contribution >= 0.6 is 0 Å². The Bertz CT molecular complexity index is 926. The Morgan fingerprint density at radius 3 is 2.87 bits per heavy atom. The SMILES string of the molecule is C[N+]1(CC2CCCO2)CCC23CC(=O)CCC2(O)C1Cc1ccc(C(N)=O)c(O)c13. The summed E-state index contributed by atoms with van der Waals surface area (Å²) in [4.78, 5) is 24.5. The van der Waals surface area contributed by atoms with Gasteiger partial charge in [-0.05, 0) is 30.9 Å². The first kappa shape index (κ1) is 20.0. The Morgan fingerprint density at radius 2 is 2.17 bits per heavy atom. The number of primary amides is 1. The summed E-state index contributed by atoms with van der Waals surface area (Å²) >= 11 is 0. The molecular weight excluding hydrogens is 384 g/mol. The number of piperidine rings is 1. The van der Waals surface area contributed by atoms with Gasteiger partial charge in [-0.1, -0.05) is 6.07 Å². The highest BCUT2D eigenvalue weighted by Crippen LogP contribution is 2.61. The Hall–Kier alpha value is -1.96. The fourth-order valence-corrected chi connectivity index (χ4v) is 7.09. The molecule has 3 fully saturated rings. The number of ether oxygens (including phenoxy) is 1. The maximum absolute atomic E-state index is 12.6. The average molecular weight is 416 g/mol. The lowest BCUT2D eigenvalue weighted by molar-refractivity contribution is -0.951. The number of nitrogens with zero attached hydrogens (tertiary/aromatic N) is 1. The first-order valence-electron chi connectivity index (χ1n) is 11.1. The number of carbonyl (C=O) groups is 2. The lowest BCUT2D eigenvalue weighted by Gasteiger charge is -2.65. The second-order valence-electron chi connectivity index (χ2n) is 10.1. The highest BCUT2D eigenvalue weighted by Gasteiger charge is 2.70. The molecule has 1 aromatic carbocycles. The molecule has 4 aliphatic rings. The second kappa shape index (κ2) is 6.52. The Kier molecular flexibility index (Phi) is 4.34. The van der Waals surface area contributed by atoms with Crippen LogP contribution in [0, 0.1) is 0 Å². The molecule has 2 saturated heterocycles. The van der Waals surface area contributed by atoms with Gasteiger partial charge in [0.25, 0.3) is 5.91 Å². The fraction of sp³-hybridized carbons (Fsp3) is 0.652. The molecular formula is C23H31N2O5+. The molecule has 5 unspecified atom stereocenters. The molecule has 7 nitrogen and oxygen atoms in total. The van der Waals surface area contributed by atoms with E-state index in [2.05, 4.69) is 7.05 Å². The highest BCUT2D eigenvalue weighted by atomic mass is 16.5. The molecule has 1 amide bonds. The molecule has 5 atom stereocenters. The number of benzene rings is 1. The summed E-state index contributed by atoms with van der Waals surface area (Å²) in [5.74, 6) is -0.749. The zero-order valence-electron chi connectivity index (χ0n) is 17.5. The molecule has 0 aromatic heterocycles. The Morgan fingerprint density at radius 1 is 1.37 bits per heavy atom. The molecule has 162 valence electrons. The summed E-state index contributed by atoms with van der Waals surface area (Å²) in [7, 11) is 2.20. The first-order chi connectivity index (χ1) is 14.2. The van der Waals surface area contributed by atoms with Gasteiger partial charge in [0.15, 0.2) is 0 Å². The molecule has 4 N–H and O–H groups in total. The third-order valence-electron chi connectivity index (χ3n) is 8.53. The van der Waals surface area contributed by atoms with E-state index in [0.29, 0.717) is 35.7 Å². The summed E-state index contributed by atoms with van der Waals surface area (Å²) in [6, 6.07) is 3.34. The third-order valence-corrected chi connectivity index (χ3v) is 8.53. The third kappa shape index (κ3) is 2.55. The zero-order valence-corrected chi connectivity index (χ0v) is 17.5. The van der Waals surface area contributed by atoms with E-state index in [9.17, 15) is 19.8 Å². The van der Waals surface area contributed by atoms with Crippen LogP contribution in [0.2, 0.25) is 0 Å². The summed E-state index contributed by atoms with van der Waals surface area (Å²) in [6.45, 7) is 2.43. The second-order valence-corrected chi connectivity index (χ2v) is 10.1. The molecule has 5 rings (SSSR count). The minimum absolute atomic E-state index is 0.0594. The van der Waals surface area contributed by atoms with Crippen LogP contribution in [0.4, 0.5) is 0 Å². The molecule has 0 spiro atoms. The maximum Gasteiger partial charge on any atom is 0.252 e. The number of rotatable bonds is 3. The molecule has 7 heteroatoms. The zero-order chi connectivity index (χ0) is 21.3. The van der Waals surface area contributed by atoms with E-state index in [1.807, 2.05) is 6.07 Å². The maximum atomic E-state index is 12.6. The van der Waals surface area contributed by atoms with Crippen LogP contribution in [0.1, 0.15) is 60.0 Å². The number of ketones is 1. The minimum atomic E-state index is -1.12. The van der Waals surface area contributed by atoms with E-state index < -0.39 is 16.9 Å². The number of aliphatic hydroxyl groups is 1. The van der Waals surface area contributed by atoms with E-state index in [4.69, 9.17) is 10.5 Å². The number of hydrogen-bond acceptors (Lipinski definition) is 5. The predicted octanol–water partition coefficient (Wildman–Crippen LogP) is 1.17. The van der Waals surface area contributed by atoms with E-state index in [1.54, 1.807) is 6.07 Å². The molecule has 0 radical (unpaired) electrons. The van der Waals surface area contributed by atoms with Crippen molar-refractivity contribution in [2.45, 2.75) is 68.1 Å². The summed E-state index contributed by atoms with van der Waals surface area (Å²) in [6.07, 6.45) is 4.42. The van der Waals surface area contributed by atoms with Gasteiger partial charge in [-0.3, -0.25) is 9.59 Å². The standard InChI is InChI=1S/C23H30N2O5/c1-25(13-16-3-2-10-30-16)9-8-22-12-15(26)6-7-23(22,29)18(25)11-14-4-5-17(21(24)28)20(27)19(14)22/h4-5,16,18,29H,2-3,6-13H2,1H3,(H2-,24,27,28)/p+1. The van der Waals surface area contributed by atoms with Gasteiger partial charge in [-0.25, -0.2) is 0 Å². The summed E-state index contributed by atoms with van der Waals surface area (Å²) in [5.41, 5.74) is 5.05. The fourth-order valence-electron chi connectivity index (χ4n) is 7.09. The molecule has 2 heterocycles. The molecule has 2 aliphatic carbocycles. The summed E-state index contributed by atoms with van der Waals surface area (Å²) < 4.78 is 6.63. The number of likely N-dealkylation sites (tertiary alicyclic amines) is 1. The lowest BCUT2D eigenvalue weighted by Crippen LogP contribution is -2.78. The number of hydrogen-bond donors (Lipinski definition) is 3. The smallest absolute Gasteiger partial charge is 0.252 e. The number of Topliss-reactive ketones (excluding diaryl/α,β-unsaturated/α-hetero) is 1. The van der Waals surface area contributed by atoms with Crippen LogP contribution in [0.25, 0.3) is 0 Å². The van der Waals surface area contributed by atoms with Gasteiger partial charge in [0, 0.05) is 43.3 Å². The van der Waals surface area contributed by atoms with E-state index >= 15 is 0 Å². The van der Waals surface area contributed by atoms with Crippen molar-refractivity contribution >= 4 is 11.7 Å². The highest BCUT2D eigenvalue weighted by molar-refractivity contribution is 5.96. The van der Waals surface area contributed by atoms with Crippen molar-refractivity contribution in [2.24, 2.45) is 5.73 Å². The first-order valence-corrected chi connectivity index (χ1v) is 11.1. The van der Waals surface area contributed by atoms with Crippen molar-refractivity contribution < 1.29 is 29.0 Å². The largest absolute Gasteiger partial charge is 0.507 e. The number of fused-ring (bicyclic) bond motifs is 1. The molecule has 2 bridgehead atoms. The van der Waals surface area contributed by atoms with Gasteiger partial charge in [0.2, 0.25) is 0 Å². The van der Waals surface area contributed by atoms with Crippen molar-refractivity contribution in [1.29, 1.82) is 0 Å². The number of carbonyl (C=O) groups excluding carboxylic acids is 2. The normalized spacial score (nSPS) is 40.0. The molecule has 2 aliphatic heterocycles. The van der Waals surface area contributed by atoms with Crippen LogP contribution in [0.5, 0.6) is 5.75 Å². The average Bonchev–Trinajstić information content (AvgIpc) is 3.18. The number of quaternary nitrogens is 1. The van der Waals surface area contributed by atoms with Crippen molar-refractivity contribution in [3.8, 4) is 5.75 Å². The van der Waals surface area contributed by atoms with Gasteiger partial charge >= 0.3 is 0 Å². The predicted molar refractivity (Wildman–Crippen MR) is 109 cm³/mol. The number of phenols is 1. The van der Waals surface area contributed by atoms with Crippen LogP contribution < -0.4 is 5.73 Å². The van der Waals surface area contributed by atoms with Gasteiger partial charge in [0.1, 0.15) is 35.8 Å².